The topological polar surface area (TPSA) is 45.5 Å². The third kappa shape index (κ3) is 2.44. The van der Waals surface area contributed by atoms with E-state index in [4.69, 9.17) is 4.42 Å². The number of hydrogen-bond acceptors (Lipinski definition) is 3. The van der Waals surface area contributed by atoms with Crippen LogP contribution < -0.4 is 5.32 Å². The SMILES string of the molecule is Cc1cc2ccc(C(=O)N[C@@H]3C[C@H]4CCN(C4)C3)cc2o1. The summed E-state index contributed by atoms with van der Waals surface area (Å²) in [6.07, 6.45) is 2.40. The number of nitrogens with one attached hydrogen (secondary N) is 1. The van der Waals surface area contributed by atoms with Crippen molar-refractivity contribution in [3.05, 3.63) is 35.6 Å². The highest BCUT2D eigenvalue weighted by Crippen LogP contribution is 2.27. The van der Waals surface area contributed by atoms with Crippen LogP contribution in [0.5, 0.6) is 0 Å². The number of aryl methyl sites for hydroxylation is 1. The third-order valence-corrected chi connectivity index (χ3v) is 4.71. The van der Waals surface area contributed by atoms with Gasteiger partial charge in [0.25, 0.3) is 5.91 Å². The molecule has 0 aliphatic carbocycles. The molecule has 1 amide bonds. The van der Waals surface area contributed by atoms with Crippen molar-refractivity contribution in [3.63, 3.8) is 0 Å². The summed E-state index contributed by atoms with van der Waals surface area (Å²) in [4.78, 5) is 14.9. The van der Waals surface area contributed by atoms with Gasteiger partial charge in [-0.15, -0.1) is 0 Å². The molecule has 2 saturated heterocycles. The van der Waals surface area contributed by atoms with E-state index >= 15 is 0 Å². The predicted octanol–water partition coefficient (Wildman–Crippen LogP) is 2.57. The van der Waals surface area contributed by atoms with Crippen LogP contribution in [0.25, 0.3) is 11.0 Å². The lowest BCUT2D eigenvalue weighted by molar-refractivity contribution is 0.0909. The summed E-state index contributed by atoms with van der Waals surface area (Å²) in [5.74, 6) is 1.65. The minimum absolute atomic E-state index is 0.0125. The molecule has 4 rings (SSSR count). The molecule has 2 aliphatic heterocycles. The molecule has 3 atom stereocenters. The first kappa shape index (κ1) is 12.9. The van der Waals surface area contributed by atoms with Crippen LogP contribution in [0.3, 0.4) is 0 Å². The molecule has 1 aromatic heterocycles. The smallest absolute Gasteiger partial charge is 0.251 e. The van der Waals surface area contributed by atoms with E-state index in [1.165, 1.54) is 19.5 Å². The minimum atomic E-state index is 0.0125. The molecule has 110 valence electrons. The standard InChI is InChI=1S/C17H20N2O2/c1-11-6-13-2-3-14(8-16(13)21-11)17(20)18-15-7-12-4-5-19(9-12)10-15/h2-3,6,8,12,15H,4-5,7,9-10H2,1H3,(H,18,20)/t12-,15-/m1/s1. The first-order valence-electron chi connectivity index (χ1n) is 7.71. The highest BCUT2D eigenvalue weighted by Gasteiger charge is 2.32. The van der Waals surface area contributed by atoms with Crippen LogP contribution in [0, 0.1) is 12.8 Å². The summed E-state index contributed by atoms with van der Waals surface area (Å²) in [5.41, 5.74) is 1.47. The number of amides is 1. The molecule has 1 aromatic carbocycles. The zero-order valence-electron chi connectivity index (χ0n) is 12.3. The molecule has 2 fully saturated rings. The molecular weight excluding hydrogens is 264 g/mol. The van der Waals surface area contributed by atoms with Crippen molar-refractivity contribution in [3.8, 4) is 0 Å². The predicted molar refractivity (Wildman–Crippen MR) is 81.4 cm³/mol. The Morgan fingerprint density at radius 2 is 2.24 bits per heavy atom. The van der Waals surface area contributed by atoms with Crippen LogP contribution in [0.4, 0.5) is 0 Å². The molecule has 3 heterocycles. The molecule has 21 heavy (non-hydrogen) atoms. The van der Waals surface area contributed by atoms with Crippen LogP contribution in [0.15, 0.2) is 28.7 Å². The van der Waals surface area contributed by atoms with Gasteiger partial charge in [-0.2, -0.15) is 0 Å². The van der Waals surface area contributed by atoms with Crippen molar-refractivity contribution in [2.45, 2.75) is 25.8 Å². The Bertz CT molecular complexity index is 679. The van der Waals surface area contributed by atoms with Gasteiger partial charge in [-0.05, 0) is 50.4 Å². The van der Waals surface area contributed by atoms with Gasteiger partial charge in [-0.3, -0.25) is 4.79 Å². The fourth-order valence-electron chi connectivity index (χ4n) is 3.74. The number of fused-ring (bicyclic) bond motifs is 3. The van der Waals surface area contributed by atoms with Gasteiger partial charge in [0, 0.05) is 30.1 Å². The van der Waals surface area contributed by atoms with Gasteiger partial charge < -0.3 is 14.6 Å². The zero-order valence-corrected chi connectivity index (χ0v) is 12.3. The molecule has 4 nitrogen and oxygen atoms in total. The van der Waals surface area contributed by atoms with Crippen LogP contribution in [-0.2, 0) is 0 Å². The van der Waals surface area contributed by atoms with E-state index in [1.54, 1.807) is 0 Å². The van der Waals surface area contributed by atoms with Gasteiger partial charge in [0.2, 0.25) is 0 Å². The van der Waals surface area contributed by atoms with Crippen molar-refractivity contribution < 1.29 is 9.21 Å². The Hall–Kier alpha value is -1.81. The molecule has 2 aliphatic rings. The van der Waals surface area contributed by atoms with E-state index in [9.17, 15) is 4.79 Å². The number of nitrogens with zero attached hydrogens (tertiary/aromatic N) is 1. The largest absolute Gasteiger partial charge is 0.461 e. The Morgan fingerprint density at radius 1 is 1.33 bits per heavy atom. The van der Waals surface area contributed by atoms with E-state index in [2.05, 4.69) is 10.2 Å². The second-order valence-electron chi connectivity index (χ2n) is 6.43. The summed E-state index contributed by atoms with van der Waals surface area (Å²) < 4.78 is 5.60. The Balaban J connectivity index is 1.50. The Kier molecular flexibility index (Phi) is 3.00. The number of hydrogen-bond donors (Lipinski definition) is 1. The summed E-state index contributed by atoms with van der Waals surface area (Å²) in [7, 11) is 0. The number of piperidine rings is 1. The van der Waals surface area contributed by atoms with Crippen LogP contribution >= 0.6 is 0 Å². The van der Waals surface area contributed by atoms with Crippen LogP contribution in [0.1, 0.15) is 29.0 Å². The number of carbonyl (C=O) groups excluding carboxylic acids is 1. The van der Waals surface area contributed by atoms with Gasteiger partial charge in [-0.1, -0.05) is 6.07 Å². The Morgan fingerprint density at radius 3 is 3.10 bits per heavy atom. The molecule has 1 N–H and O–H groups in total. The second kappa shape index (κ2) is 4.88. The number of furan rings is 1. The Labute approximate surface area is 124 Å². The molecule has 0 spiro atoms. The van der Waals surface area contributed by atoms with Crippen LogP contribution in [-0.4, -0.2) is 36.5 Å². The van der Waals surface area contributed by atoms with E-state index < -0.39 is 0 Å². The van der Waals surface area contributed by atoms with E-state index in [0.29, 0.717) is 5.56 Å². The maximum Gasteiger partial charge on any atom is 0.251 e. The summed E-state index contributed by atoms with van der Waals surface area (Å²) in [6.45, 7) is 5.31. The zero-order chi connectivity index (χ0) is 14.4. The quantitative estimate of drug-likeness (QED) is 0.922. The molecule has 1 unspecified atom stereocenters. The van der Waals surface area contributed by atoms with Crippen molar-refractivity contribution in [2.75, 3.05) is 19.6 Å². The minimum Gasteiger partial charge on any atom is -0.461 e. The van der Waals surface area contributed by atoms with E-state index in [1.807, 2.05) is 31.2 Å². The normalized spacial score (nSPS) is 28.0. The fourth-order valence-corrected chi connectivity index (χ4v) is 3.74. The van der Waals surface area contributed by atoms with Crippen molar-refractivity contribution >= 4 is 16.9 Å². The highest BCUT2D eigenvalue weighted by molar-refractivity contribution is 5.97. The van der Waals surface area contributed by atoms with Gasteiger partial charge in [0.1, 0.15) is 11.3 Å². The van der Waals surface area contributed by atoms with Crippen molar-refractivity contribution in [1.82, 2.24) is 10.2 Å². The molecule has 4 heteroatoms. The fraction of sp³-hybridized carbons (Fsp3) is 0.471. The average Bonchev–Trinajstić information content (AvgIpc) is 2.99. The lowest BCUT2D eigenvalue weighted by Gasteiger charge is -2.30. The van der Waals surface area contributed by atoms with Crippen molar-refractivity contribution in [1.29, 1.82) is 0 Å². The first-order chi connectivity index (χ1) is 10.2. The van der Waals surface area contributed by atoms with E-state index in [0.717, 1.165) is 35.6 Å². The van der Waals surface area contributed by atoms with Crippen LogP contribution in [0.2, 0.25) is 0 Å². The second-order valence-corrected chi connectivity index (χ2v) is 6.43. The summed E-state index contributed by atoms with van der Waals surface area (Å²) in [5, 5.41) is 4.23. The molecule has 2 aromatic rings. The molecule has 0 radical (unpaired) electrons. The monoisotopic (exact) mass is 284 g/mol. The summed E-state index contributed by atoms with van der Waals surface area (Å²) >= 11 is 0. The van der Waals surface area contributed by atoms with E-state index in [-0.39, 0.29) is 11.9 Å². The van der Waals surface area contributed by atoms with Gasteiger partial charge in [-0.25, -0.2) is 0 Å². The average molecular weight is 284 g/mol. The molecular formula is C17H20N2O2. The number of benzene rings is 1. The lowest BCUT2D eigenvalue weighted by Crippen LogP contribution is -2.47. The van der Waals surface area contributed by atoms with Gasteiger partial charge >= 0.3 is 0 Å². The first-order valence-corrected chi connectivity index (χ1v) is 7.71. The number of rotatable bonds is 2. The maximum absolute atomic E-state index is 12.4. The number of carbonyl (C=O) groups is 1. The van der Waals surface area contributed by atoms with Gasteiger partial charge in [0.15, 0.2) is 0 Å². The highest BCUT2D eigenvalue weighted by atomic mass is 16.3. The summed E-state index contributed by atoms with van der Waals surface area (Å²) in [6, 6.07) is 7.95. The van der Waals surface area contributed by atoms with Crippen molar-refractivity contribution in [2.24, 2.45) is 5.92 Å². The molecule has 2 bridgehead atoms. The maximum atomic E-state index is 12.4. The van der Waals surface area contributed by atoms with Gasteiger partial charge in [0.05, 0.1) is 0 Å². The third-order valence-electron chi connectivity index (χ3n) is 4.71. The molecule has 0 saturated carbocycles. The lowest BCUT2D eigenvalue weighted by atomic mass is 9.96.